The molecule has 8 heteroatoms. The van der Waals surface area contributed by atoms with Crippen molar-refractivity contribution in [2.24, 2.45) is 0 Å². The van der Waals surface area contributed by atoms with E-state index >= 15 is 0 Å². The van der Waals surface area contributed by atoms with Crippen LogP contribution in [0.1, 0.15) is 5.56 Å². The highest BCUT2D eigenvalue weighted by Gasteiger charge is 2.52. The SMILES string of the molecule is C#Cc1cn([C@@]2(O)[C@H](O)CO[C@@H]2CO)c(=O)[nH]c1=O. The van der Waals surface area contributed by atoms with Crippen LogP contribution in [0.15, 0.2) is 15.8 Å². The summed E-state index contributed by atoms with van der Waals surface area (Å²) in [5.74, 6) is 2.05. The summed E-state index contributed by atoms with van der Waals surface area (Å²) in [6.07, 6.45) is 3.39. The number of nitrogens with zero attached hydrogens (tertiary/aromatic N) is 1. The van der Waals surface area contributed by atoms with Crippen LogP contribution in [-0.2, 0) is 10.5 Å². The van der Waals surface area contributed by atoms with Gasteiger partial charge in [0.05, 0.1) is 13.2 Å². The Hall–Kier alpha value is -1.92. The molecule has 2 rings (SSSR count). The van der Waals surface area contributed by atoms with Crippen LogP contribution in [0.4, 0.5) is 0 Å². The fourth-order valence-corrected chi connectivity index (χ4v) is 2.01. The van der Waals surface area contributed by atoms with Gasteiger partial charge in [-0.25, -0.2) is 4.79 Å². The van der Waals surface area contributed by atoms with E-state index in [0.29, 0.717) is 4.57 Å². The Morgan fingerprint density at radius 3 is 2.89 bits per heavy atom. The Kier molecular flexibility index (Phi) is 3.30. The van der Waals surface area contributed by atoms with Gasteiger partial charge >= 0.3 is 5.69 Å². The number of ether oxygens (including phenoxy) is 1. The standard InChI is InChI=1S/C11H12N2O6/c1-2-6-3-13(10(17)12-9(6)16)11(18)7(15)5-19-8(11)4-14/h1,3,7-8,14-15,18H,4-5H2,(H,12,16,17)/t7-,8-,11-/m1/s1. The van der Waals surface area contributed by atoms with E-state index < -0.39 is 35.8 Å². The topological polar surface area (TPSA) is 125 Å². The zero-order valence-electron chi connectivity index (χ0n) is 9.74. The summed E-state index contributed by atoms with van der Waals surface area (Å²) in [5.41, 5.74) is -4.12. The van der Waals surface area contributed by atoms with Gasteiger partial charge in [0.1, 0.15) is 17.8 Å². The average molecular weight is 268 g/mol. The minimum absolute atomic E-state index is 0.191. The largest absolute Gasteiger partial charge is 0.393 e. The summed E-state index contributed by atoms with van der Waals surface area (Å²) in [6.45, 7) is -0.886. The van der Waals surface area contributed by atoms with Crippen molar-refractivity contribution in [3.8, 4) is 12.3 Å². The van der Waals surface area contributed by atoms with Gasteiger partial charge in [-0.1, -0.05) is 5.92 Å². The lowest BCUT2D eigenvalue weighted by Gasteiger charge is -2.31. The Balaban J connectivity index is 2.67. The lowest BCUT2D eigenvalue weighted by atomic mass is 10.0. The molecule has 1 fully saturated rings. The van der Waals surface area contributed by atoms with Gasteiger partial charge in [0.15, 0.2) is 0 Å². The summed E-state index contributed by atoms with van der Waals surface area (Å²) < 4.78 is 5.66. The Morgan fingerprint density at radius 2 is 2.32 bits per heavy atom. The molecule has 4 N–H and O–H groups in total. The Labute approximate surface area is 106 Å². The molecule has 3 atom stereocenters. The number of hydrogen-bond donors (Lipinski definition) is 4. The van der Waals surface area contributed by atoms with Crippen molar-refractivity contribution < 1.29 is 20.1 Å². The molecule has 102 valence electrons. The first kappa shape index (κ1) is 13.5. The summed E-state index contributed by atoms with van der Waals surface area (Å²) in [5, 5.41) is 29.3. The molecule has 1 saturated heterocycles. The van der Waals surface area contributed by atoms with Gasteiger partial charge in [0, 0.05) is 6.20 Å². The van der Waals surface area contributed by atoms with Crippen LogP contribution < -0.4 is 11.2 Å². The molecule has 1 aliphatic heterocycles. The molecule has 1 aliphatic rings. The number of hydrogen-bond acceptors (Lipinski definition) is 6. The zero-order chi connectivity index (χ0) is 14.2. The second kappa shape index (κ2) is 4.64. The van der Waals surface area contributed by atoms with Crippen LogP contribution in [0.5, 0.6) is 0 Å². The molecule has 0 spiro atoms. The molecule has 0 unspecified atom stereocenters. The third-order valence-corrected chi connectivity index (χ3v) is 3.07. The second-order valence-electron chi connectivity index (χ2n) is 4.12. The van der Waals surface area contributed by atoms with Crippen molar-refractivity contribution in [3.63, 3.8) is 0 Å². The molecule has 0 aromatic carbocycles. The Bertz CT molecular complexity index is 642. The van der Waals surface area contributed by atoms with Gasteiger partial charge in [-0.2, -0.15) is 0 Å². The number of H-pyrrole nitrogens is 1. The molecular weight excluding hydrogens is 256 g/mol. The normalized spacial score (nSPS) is 30.2. The number of aliphatic hydroxyl groups is 3. The fraction of sp³-hybridized carbons (Fsp3) is 0.455. The molecule has 0 bridgehead atoms. The van der Waals surface area contributed by atoms with Crippen LogP contribution in [0, 0.1) is 12.3 Å². The van der Waals surface area contributed by atoms with Gasteiger partial charge in [-0.05, 0) is 0 Å². The number of rotatable bonds is 2. The maximum atomic E-state index is 11.7. The van der Waals surface area contributed by atoms with Gasteiger partial charge < -0.3 is 20.1 Å². The molecule has 19 heavy (non-hydrogen) atoms. The number of aromatic nitrogens is 2. The molecule has 1 aromatic heterocycles. The number of nitrogens with one attached hydrogen (secondary N) is 1. The van der Waals surface area contributed by atoms with Crippen molar-refractivity contribution in [3.05, 3.63) is 32.6 Å². The van der Waals surface area contributed by atoms with Gasteiger partial charge in [0.2, 0.25) is 5.72 Å². The van der Waals surface area contributed by atoms with Crippen LogP contribution in [0.25, 0.3) is 0 Å². The van der Waals surface area contributed by atoms with Crippen LogP contribution in [0.3, 0.4) is 0 Å². The van der Waals surface area contributed by atoms with E-state index in [-0.39, 0.29) is 12.2 Å². The summed E-state index contributed by atoms with van der Waals surface area (Å²) in [7, 11) is 0. The Morgan fingerprint density at radius 1 is 1.63 bits per heavy atom. The predicted octanol–water partition coefficient (Wildman–Crippen LogP) is -3.09. The van der Waals surface area contributed by atoms with E-state index in [4.69, 9.17) is 16.3 Å². The van der Waals surface area contributed by atoms with E-state index in [1.54, 1.807) is 0 Å². The first-order valence-electron chi connectivity index (χ1n) is 5.41. The monoisotopic (exact) mass is 268 g/mol. The zero-order valence-corrected chi connectivity index (χ0v) is 9.74. The van der Waals surface area contributed by atoms with E-state index in [0.717, 1.165) is 6.20 Å². The molecule has 1 aromatic rings. The summed E-state index contributed by atoms with van der Waals surface area (Å²) in [6, 6.07) is 0. The molecule has 0 saturated carbocycles. The van der Waals surface area contributed by atoms with E-state index in [2.05, 4.69) is 5.92 Å². The predicted molar refractivity (Wildman–Crippen MR) is 62.3 cm³/mol. The van der Waals surface area contributed by atoms with Gasteiger partial charge in [-0.15, -0.1) is 6.42 Å². The lowest BCUT2D eigenvalue weighted by Crippen LogP contribution is -2.56. The van der Waals surface area contributed by atoms with Crippen LogP contribution >= 0.6 is 0 Å². The first-order chi connectivity index (χ1) is 8.94. The van der Waals surface area contributed by atoms with E-state index in [1.165, 1.54) is 0 Å². The van der Waals surface area contributed by atoms with E-state index in [1.807, 2.05) is 4.98 Å². The highest BCUT2D eigenvalue weighted by molar-refractivity contribution is 5.26. The minimum atomic E-state index is -2.19. The van der Waals surface area contributed by atoms with Crippen LogP contribution in [0.2, 0.25) is 0 Å². The number of aromatic amines is 1. The fourth-order valence-electron chi connectivity index (χ4n) is 2.01. The first-order valence-corrected chi connectivity index (χ1v) is 5.41. The highest BCUT2D eigenvalue weighted by Crippen LogP contribution is 2.29. The number of terminal acetylenes is 1. The number of aliphatic hydroxyl groups excluding tert-OH is 2. The van der Waals surface area contributed by atoms with Crippen molar-refractivity contribution in [2.75, 3.05) is 13.2 Å². The third kappa shape index (κ3) is 1.89. The minimum Gasteiger partial charge on any atom is -0.393 e. The van der Waals surface area contributed by atoms with Crippen molar-refractivity contribution in [2.45, 2.75) is 17.9 Å². The highest BCUT2D eigenvalue weighted by atomic mass is 16.6. The van der Waals surface area contributed by atoms with Crippen molar-refractivity contribution in [1.82, 2.24) is 9.55 Å². The lowest BCUT2D eigenvalue weighted by molar-refractivity contribution is -0.153. The van der Waals surface area contributed by atoms with Crippen molar-refractivity contribution >= 4 is 0 Å². The molecule has 0 radical (unpaired) electrons. The summed E-state index contributed by atoms with van der Waals surface area (Å²) >= 11 is 0. The quantitative estimate of drug-likeness (QED) is 0.421. The van der Waals surface area contributed by atoms with Crippen LogP contribution in [-0.4, -0.2) is 50.3 Å². The van der Waals surface area contributed by atoms with Gasteiger partial charge in [0.25, 0.3) is 5.56 Å². The van der Waals surface area contributed by atoms with Crippen molar-refractivity contribution in [1.29, 1.82) is 0 Å². The maximum absolute atomic E-state index is 11.7. The maximum Gasteiger partial charge on any atom is 0.330 e. The molecule has 8 nitrogen and oxygen atoms in total. The third-order valence-electron chi connectivity index (χ3n) is 3.07. The molecule has 2 heterocycles. The summed E-state index contributed by atoms with van der Waals surface area (Å²) in [4.78, 5) is 25.0. The van der Waals surface area contributed by atoms with E-state index in [9.17, 15) is 19.8 Å². The molecular formula is C11H12N2O6. The van der Waals surface area contributed by atoms with Gasteiger partial charge in [-0.3, -0.25) is 14.3 Å². The molecule has 0 amide bonds. The smallest absolute Gasteiger partial charge is 0.330 e. The average Bonchev–Trinajstić information content (AvgIpc) is 2.66. The second-order valence-corrected chi connectivity index (χ2v) is 4.12. The molecule has 0 aliphatic carbocycles.